The van der Waals surface area contributed by atoms with Gasteiger partial charge in [0.25, 0.3) is 0 Å². The van der Waals surface area contributed by atoms with Crippen molar-refractivity contribution in [1.29, 1.82) is 0 Å². The van der Waals surface area contributed by atoms with E-state index in [9.17, 15) is 14.0 Å². The molecule has 1 N–H and O–H groups in total. The maximum atomic E-state index is 13.1. The maximum absolute atomic E-state index is 13.1. The predicted molar refractivity (Wildman–Crippen MR) is 95.7 cm³/mol. The Labute approximate surface area is 151 Å². The number of carbonyl (C=O) groups excluding carboxylic acids is 2. The second kappa shape index (κ2) is 9.18. The van der Waals surface area contributed by atoms with Gasteiger partial charge in [-0.3, -0.25) is 9.59 Å². The molecule has 6 heteroatoms. The number of halogens is 2. The molecule has 4 nitrogen and oxygen atoms in total. The Hall–Kier alpha value is -2.40. The standard InChI is InChI=1S/C19H20ClFN2O2/c1-14(24)23(13-15-5-7-17(20)8-6-15)10-9-22-19(25)12-16-3-2-4-18(21)11-16/h2-8,11H,9-10,12-13H2,1H3,(H,22,25). The fraction of sp³-hybridized carbons (Fsp3) is 0.263. The third kappa shape index (κ3) is 6.55. The van der Waals surface area contributed by atoms with Crippen LogP contribution in [0.2, 0.25) is 5.02 Å². The summed E-state index contributed by atoms with van der Waals surface area (Å²) < 4.78 is 13.1. The first kappa shape index (κ1) is 18.9. The Morgan fingerprint density at radius 1 is 1.12 bits per heavy atom. The van der Waals surface area contributed by atoms with Gasteiger partial charge < -0.3 is 10.2 Å². The van der Waals surface area contributed by atoms with Gasteiger partial charge in [0, 0.05) is 31.6 Å². The van der Waals surface area contributed by atoms with Crippen molar-refractivity contribution in [2.75, 3.05) is 13.1 Å². The molecule has 0 aliphatic heterocycles. The van der Waals surface area contributed by atoms with Crippen molar-refractivity contribution in [2.24, 2.45) is 0 Å². The number of carbonyl (C=O) groups is 2. The molecule has 2 aromatic rings. The molecule has 0 spiro atoms. The Morgan fingerprint density at radius 2 is 1.84 bits per heavy atom. The zero-order chi connectivity index (χ0) is 18.2. The molecule has 25 heavy (non-hydrogen) atoms. The number of hydrogen-bond donors (Lipinski definition) is 1. The topological polar surface area (TPSA) is 49.4 Å². The zero-order valence-electron chi connectivity index (χ0n) is 14.0. The van der Waals surface area contributed by atoms with Crippen LogP contribution in [-0.4, -0.2) is 29.8 Å². The first-order valence-corrected chi connectivity index (χ1v) is 8.33. The third-order valence-corrected chi connectivity index (χ3v) is 3.94. The van der Waals surface area contributed by atoms with Crippen LogP contribution in [-0.2, 0) is 22.6 Å². The summed E-state index contributed by atoms with van der Waals surface area (Å²) in [4.78, 5) is 25.3. The molecule has 2 aromatic carbocycles. The Kier molecular flexibility index (Phi) is 6.95. The van der Waals surface area contributed by atoms with Crippen LogP contribution >= 0.6 is 11.6 Å². The molecule has 0 unspecified atom stereocenters. The predicted octanol–water partition coefficient (Wildman–Crippen LogP) is 3.19. The lowest BCUT2D eigenvalue weighted by molar-refractivity contribution is -0.130. The third-order valence-electron chi connectivity index (χ3n) is 3.69. The molecular formula is C19H20ClFN2O2. The van der Waals surface area contributed by atoms with Gasteiger partial charge in [-0.05, 0) is 35.4 Å². The van der Waals surface area contributed by atoms with Crippen LogP contribution in [0.1, 0.15) is 18.1 Å². The van der Waals surface area contributed by atoms with E-state index in [1.165, 1.54) is 19.1 Å². The van der Waals surface area contributed by atoms with E-state index < -0.39 is 0 Å². The van der Waals surface area contributed by atoms with Gasteiger partial charge in [0.15, 0.2) is 0 Å². The van der Waals surface area contributed by atoms with Crippen molar-refractivity contribution in [2.45, 2.75) is 19.9 Å². The number of amides is 2. The van der Waals surface area contributed by atoms with E-state index in [0.29, 0.717) is 30.2 Å². The normalized spacial score (nSPS) is 10.4. The summed E-state index contributed by atoms with van der Waals surface area (Å²) in [6.45, 7) is 2.67. The molecule has 0 saturated carbocycles. The number of benzene rings is 2. The Balaban J connectivity index is 1.81. The maximum Gasteiger partial charge on any atom is 0.224 e. The summed E-state index contributed by atoms with van der Waals surface area (Å²) in [5.41, 5.74) is 1.58. The lowest BCUT2D eigenvalue weighted by Crippen LogP contribution is -2.37. The van der Waals surface area contributed by atoms with Crippen LogP contribution in [0.3, 0.4) is 0 Å². The molecule has 0 bridgehead atoms. The number of nitrogens with one attached hydrogen (secondary N) is 1. The van der Waals surface area contributed by atoms with Crippen LogP contribution in [0.15, 0.2) is 48.5 Å². The van der Waals surface area contributed by atoms with Gasteiger partial charge in [-0.2, -0.15) is 0 Å². The van der Waals surface area contributed by atoms with Crippen molar-refractivity contribution in [3.8, 4) is 0 Å². The van der Waals surface area contributed by atoms with Crippen molar-refractivity contribution in [3.05, 3.63) is 70.5 Å². The zero-order valence-corrected chi connectivity index (χ0v) is 14.7. The van der Waals surface area contributed by atoms with Crippen molar-refractivity contribution in [1.82, 2.24) is 10.2 Å². The fourth-order valence-corrected chi connectivity index (χ4v) is 2.51. The molecule has 0 aromatic heterocycles. The van der Waals surface area contributed by atoms with Gasteiger partial charge in [-0.15, -0.1) is 0 Å². The van der Waals surface area contributed by atoms with Gasteiger partial charge in [-0.1, -0.05) is 35.9 Å². The van der Waals surface area contributed by atoms with Gasteiger partial charge in [-0.25, -0.2) is 4.39 Å². The average Bonchev–Trinajstić information content (AvgIpc) is 2.55. The summed E-state index contributed by atoms with van der Waals surface area (Å²) in [5, 5.41) is 3.40. The second-order valence-corrected chi connectivity index (χ2v) is 6.16. The SMILES string of the molecule is CC(=O)N(CCNC(=O)Cc1cccc(F)c1)Cc1ccc(Cl)cc1. The highest BCUT2D eigenvalue weighted by atomic mass is 35.5. The Bertz CT molecular complexity index is 734. The molecule has 0 fully saturated rings. The van der Waals surface area contributed by atoms with Crippen LogP contribution in [0.25, 0.3) is 0 Å². The summed E-state index contributed by atoms with van der Waals surface area (Å²) in [5.74, 6) is -0.647. The molecule has 2 rings (SSSR count). The van der Waals surface area contributed by atoms with Crippen LogP contribution in [0.4, 0.5) is 4.39 Å². The Morgan fingerprint density at radius 3 is 2.48 bits per heavy atom. The van der Waals surface area contributed by atoms with Crippen LogP contribution < -0.4 is 5.32 Å². The van der Waals surface area contributed by atoms with Crippen molar-refractivity contribution < 1.29 is 14.0 Å². The van der Waals surface area contributed by atoms with E-state index in [-0.39, 0.29) is 24.1 Å². The minimum atomic E-state index is -0.365. The molecule has 132 valence electrons. The average molecular weight is 363 g/mol. The smallest absolute Gasteiger partial charge is 0.224 e. The lowest BCUT2D eigenvalue weighted by atomic mass is 10.1. The molecular weight excluding hydrogens is 343 g/mol. The molecule has 2 amide bonds. The van der Waals surface area contributed by atoms with E-state index >= 15 is 0 Å². The van der Waals surface area contributed by atoms with E-state index in [2.05, 4.69) is 5.32 Å². The molecule has 0 heterocycles. The van der Waals surface area contributed by atoms with Crippen molar-refractivity contribution >= 4 is 23.4 Å². The first-order valence-electron chi connectivity index (χ1n) is 7.95. The molecule has 0 saturated heterocycles. The van der Waals surface area contributed by atoms with Crippen molar-refractivity contribution in [3.63, 3.8) is 0 Å². The number of rotatable bonds is 7. The summed E-state index contributed by atoms with van der Waals surface area (Å²) in [7, 11) is 0. The van der Waals surface area contributed by atoms with Gasteiger partial charge in [0.05, 0.1) is 6.42 Å². The highest BCUT2D eigenvalue weighted by molar-refractivity contribution is 6.30. The number of nitrogens with zero attached hydrogens (tertiary/aromatic N) is 1. The lowest BCUT2D eigenvalue weighted by Gasteiger charge is -2.21. The van der Waals surface area contributed by atoms with Gasteiger partial charge in [0.2, 0.25) is 11.8 Å². The van der Waals surface area contributed by atoms with E-state index in [0.717, 1.165) is 5.56 Å². The van der Waals surface area contributed by atoms with Crippen LogP contribution in [0.5, 0.6) is 0 Å². The largest absolute Gasteiger partial charge is 0.354 e. The monoisotopic (exact) mass is 362 g/mol. The van der Waals surface area contributed by atoms with Gasteiger partial charge in [0.1, 0.15) is 5.82 Å². The van der Waals surface area contributed by atoms with Gasteiger partial charge >= 0.3 is 0 Å². The number of hydrogen-bond acceptors (Lipinski definition) is 2. The molecule has 0 radical (unpaired) electrons. The fourth-order valence-electron chi connectivity index (χ4n) is 2.38. The highest BCUT2D eigenvalue weighted by Gasteiger charge is 2.10. The summed E-state index contributed by atoms with van der Waals surface area (Å²) in [6.07, 6.45) is 0.106. The molecule has 0 aliphatic rings. The van der Waals surface area contributed by atoms with E-state index in [1.807, 2.05) is 12.1 Å². The minimum absolute atomic E-state index is 0.0747. The minimum Gasteiger partial charge on any atom is -0.354 e. The summed E-state index contributed by atoms with van der Waals surface area (Å²) >= 11 is 5.85. The molecule has 0 atom stereocenters. The second-order valence-electron chi connectivity index (χ2n) is 5.72. The molecule has 0 aliphatic carbocycles. The van der Waals surface area contributed by atoms with E-state index in [1.54, 1.807) is 29.2 Å². The summed E-state index contributed by atoms with van der Waals surface area (Å²) in [6, 6.07) is 13.2. The highest BCUT2D eigenvalue weighted by Crippen LogP contribution is 2.11. The quantitative estimate of drug-likeness (QED) is 0.822. The van der Waals surface area contributed by atoms with Crippen LogP contribution in [0, 0.1) is 5.82 Å². The van der Waals surface area contributed by atoms with E-state index in [4.69, 9.17) is 11.6 Å². The first-order chi connectivity index (χ1) is 11.9.